The molecule has 1 aliphatic heterocycles. The van der Waals surface area contributed by atoms with Crippen molar-refractivity contribution in [1.82, 2.24) is 5.32 Å². The van der Waals surface area contributed by atoms with Gasteiger partial charge in [0.2, 0.25) is 5.91 Å². The Balaban J connectivity index is 1.98. The van der Waals surface area contributed by atoms with E-state index in [0.717, 1.165) is 24.5 Å². The van der Waals surface area contributed by atoms with Crippen LogP contribution in [0.5, 0.6) is 0 Å². The van der Waals surface area contributed by atoms with E-state index in [-0.39, 0.29) is 17.1 Å². The number of rotatable bonds is 12. The SMILES string of the molecule is CC(C)(C)OCCC(C)(C)OCCNC(=O)CCCCC1CCSS1. The second-order valence-electron chi connectivity index (χ2n) is 8.24. The van der Waals surface area contributed by atoms with Gasteiger partial charge < -0.3 is 14.8 Å². The van der Waals surface area contributed by atoms with E-state index in [1.165, 1.54) is 18.6 Å². The molecule has 1 heterocycles. The van der Waals surface area contributed by atoms with Crippen LogP contribution in [-0.4, -0.2) is 47.9 Å². The second-order valence-corrected chi connectivity index (χ2v) is 11.0. The van der Waals surface area contributed by atoms with Crippen LogP contribution in [-0.2, 0) is 14.3 Å². The Labute approximate surface area is 162 Å². The summed E-state index contributed by atoms with van der Waals surface area (Å²) in [7, 11) is 4.00. The van der Waals surface area contributed by atoms with Crippen molar-refractivity contribution in [3.05, 3.63) is 0 Å². The van der Waals surface area contributed by atoms with Crippen LogP contribution in [0.2, 0.25) is 0 Å². The van der Waals surface area contributed by atoms with Crippen molar-refractivity contribution >= 4 is 27.5 Å². The standard InChI is InChI=1S/C19H37NO3S2/c1-18(2,3)22-13-11-19(4,5)23-14-12-20-17(21)9-7-6-8-16-10-15-24-25-16/h16H,6-15H2,1-5H3,(H,20,21). The molecular weight excluding hydrogens is 354 g/mol. The summed E-state index contributed by atoms with van der Waals surface area (Å²) in [6.45, 7) is 12.1. The van der Waals surface area contributed by atoms with E-state index in [2.05, 4.69) is 39.9 Å². The lowest BCUT2D eigenvalue weighted by Gasteiger charge is -2.28. The van der Waals surface area contributed by atoms with Crippen molar-refractivity contribution in [1.29, 1.82) is 0 Å². The van der Waals surface area contributed by atoms with Crippen molar-refractivity contribution in [2.45, 2.75) is 89.6 Å². The molecule has 1 atom stereocenters. The van der Waals surface area contributed by atoms with Gasteiger partial charge in [-0.15, -0.1) is 0 Å². The fourth-order valence-corrected chi connectivity index (χ4v) is 5.53. The number of nitrogens with one attached hydrogen (secondary N) is 1. The molecular formula is C19H37NO3S2. The zero-order valence-electron chi connectivity index (χ0n) is 16.7. The zero-order chi connectivity index (χ0) is 18.8. The van der Waals surface area contributed by atoms with Crippen molar-refractivity contribution in [3.8, 4) is 0 Å². The first kappa shape index (κ1) is 23.1. The van der Waals surface area contributed by atoms with Crippen LogP contribution in [0.1, 0.15) is 73.1 Å². The molecule has 1 N–H and O–H groups in total. The molecule has 0 aromatic rings. The smallest absolute Gasteiger partial charge is 0.220 e. The molecule has 0 aromatic heterocycles. The second kappa shape index (κ2) is 11.7. The van der Waals surface area contributed by atoms with Crippen LogP contribution in [0.3, 0.4) is 0 Å². The van der Waals surface area contributed by atoms with Crippen LogP contribution in [0.25, 0.3) is 0 Å². The molecule has 148 valence electrons. The third-order valence-electron chi connectivity index (χ3n) is 4.06. The summed E-state index contributed by atoms with van der Waals surface area (Å²) in [5, 5.41) is 3.77. The Morgan fingerprint density at radius 1 is 1.12 bits per heavy atom. The maximum atomic E-state index is 11.9. The lowest BCUT2D eigenvalue weighted by molar-refractivity contribution is -0.122. The summed E-state index contributed by atoms with van der Waals surface area (Å²) in [5.41, 5.74) is -0.341. The van der Waals surface area contributed by atoms with Gasteiger partial charge in [0, 0.05) is 30.6 Å². The molecule has 0 bridgehead atoms. The Hall–Kier alpha value is 0.0900. The lowest BCUT2D eigenvalue weighted by atomic mass is 10.1. The highest BCUT2D eigenvalue weighted by Gasteiger charge is 2.20. The molecule has 0 saturated carbocycles. The molecule has 0 radical (unpaired) electrons. The van der Waals surface area contributed by atoms with Gasteiger partial charge in [-0.3, -0.25) is 4.79 Å². The molecule has 1 aliphatic rings. The Bertz CT molecular complexity index is 377. The minimum Gasteiger partial charge on any atom is -0.376 e. The van der Waals surface area contributed by atoms with Gasteiger partial charge in [-0.2, -0.15) is 0 Å². The van der Waals surface area contributed by atoms with Crippen molar-refractivity contribution < 1.29 is 14.3 Å². The first-order valence-corrected chi connectivity index (χ1v) is 11.9. The molecule has 1 fully saturated rings. The average Bonchev–Trinajstić information content (AvgIpc) is 3.00. The number of carbonyl (C=O) groups excluding carboxylic acids is 1. The van der Waals surface area contributed by atoms with Crippen LogP contribution in [0.4, 0.5) is 0 Å². The van der Waals surface area contributed by atoms with Crippen LogP contribution in [0, 0.1) is 0 Å². The number of amides is 1. The van der Waals surface area contributed by atoms with E-state index in [4.69, 9.17) is 9.47 Å². The first-order valence-electron chi connectivity index (χ1n) is 9.51. The van der Waals surface area contributed by atoms with Gasteiger partial charge >= 0.3 is 0 Å². The van der Waals surface area contributed by atoms with Gasteiger partial charge in [-0.05, 0) is 60.3 Å². The summed E-state index contributed by atoms with van der Waals surface area (Å²) in [6.07, 6.45) is 6.20. The molecule has 0 spiro atoms. The first-order chi connectivity index (χ1) is 11.7. The van der Waals surface area contributed by atoms with Crippen LogP contribution < -0.4 is 5.32 Å². The van der Waals surface area contributed by atoms with Gasteiger partial charge in [0.1, 0.15) is 0 Å². The van der Waals surface area contributed by atoms with E-state index in [9.17, 15) is 4.79 Å². The fraction of sp³-hybridized carbons (Fsp3) is 0.947. The number of hydrogen-bond donors (Lipinski definition) is 1. The van der Waals surface area contributed by atoms with Crippen molar-refractivity contribution in [3.63, 3.8) is 0 Å². The Kier molecular flexibility index (Phi) is 10.9. The highest BCUT2D eigenvalue weighted by Crippen LogP contribution is 2.39. The Morgan fingerprint density at radius 3 is 2.52 bits per heavy atom. The van der Waals surface area contributed by atoms with E-state index in [1.54, 1.807) is 0 Å². The zero-order valence-corrected chi connectivity index (χ0v) is 18.3. The highest BCUT2D eigenvalue weighted by atomic mass is 33.1. The van der Waals surface area contributed by atoms with E-state index >= 15 is 0 Å². The highest BCUT2D eigenvalue weighted by molar-refractivity contribution is 8.77. The molecule has 1 rings (SSSR count). The molecule has 25 heavy (non-hydrogen) atoms. The van der Waals surface area contributed by atoms with Gasteiger partial charge in [0.15, 0.2) is 0 Å². The quantitative estimate of drug-likeness (QED) is 0.382. The van der Waals surface area contributed by atoms with Crippen molar-refractivity contribution in [2.75, 3.05) is 25.5 Å². The number of ether oxygens (including phenoxy) is 2. The summed E-state index contributed by atoms with van der Waals surface area (Å²) in [5.74, 6) is 1.43. The third kappa shape index (κ3) is 13.0. The fourth-order valence-electron chi connectivity index (χ4n) is 2.50. The van der Waals surface area contributed by atoms with Crippen LogP contribution >= 0.6 is 21.6 Å². The molecule has 1 unspecified atom stereocenters. The van der Waals surface area contributed by atoms with Crippen molar-refractivity contribution in [2.24, 2.45) is 0 Å². The number of carbonyl (C=O) groups is 1. The minimum absolute atomic E-state index is 0.112. The topological polar surface area (TPSA) is 47.6 Å². The molecule has 0 aromatic carbocycles. The largest absolute Gasteiger partial charge is 0.376 e. The minimum atomic E-state index is -0.229. The lowest BCUT2D eigenvalue weighted by Crippen LogP contribution is -2.33. The third-order valence-corrected chi connectivity index (χ3v) is 7.07. The summed E-state index contributed by atoms with van der Waals surface area (Å²) >= 11 is 0. The summed E-state index contributed by atoms with van der Waals surface area (Å²) < 4.78 is 11.6. The maximum absolute atomic E-state index is 11.9. The van der Waals surface area contributed by atoms with Gasteiger partial charge in [-0.25, -0.2) is 0 Å². The van der Waals surface area contributed by atoms with Gasteiger partial charge in [-0.1, -0.05) is 28.0 Å². The molecule has 4 nitrogen and oxygen atoms in total. The average molecular weight is 392 g/mol. The van der Waals surface area contributed by atoms with Gasteiger partial charge in [0.05, 0.1) is 17.8 Å². The summed E-state index contributed by atoms with van der Waals surface area (Å²) in [4.78, 5) is 11.9. The van der Waals surface area contributed by atoms with E-state index in [1.807, 2.05) is 21.6 Å². The summed E-state index contributed by atoms with van der Waals surface area (Å²) in [6, 6.07) is 0. The molecule has 1 amide bonds. The normalized spacial score (nSPS) is 18.5. The van der Waals surface area contributed by atoms with Crippen LogP contribution in [0.15, 0.2) is 0 Å². The van der Waals surface area contributed by atoms with Gasteiger partial charge in [0.25, 0.3) is 0 Å². The van der Waals surface area contributed by atoms with E-state index < -0.39 is 0 Å². The molecule has 1 saturated heterocycles. The monoisotopic (exact) mass is 391 g/mol. The number of unbranched alkanes of at least 4 members (excludes halogenated alkanes) is 1. The maximum Gasteiger partial charge on any atom is 0.220 e. The molecule has 0 aliphatic carbocycles. The van der Waals surface area contributed by atoms with E-state index in [0.29, 0.717) is 26.2 Å². The Morgan fingerprint density at radius 2 is 1.88 bits per heavy atom. The predicted octanol–water partition coefficient (Wildman–Crippen LogP) is 4.82. The number of hydrogen-bond acceptors (Lipinski definition) is 5. The molecule has 6 heteroatoms. The predicted molar refractivity (Wildman–Crippen MR) is 110 cm³/mol.